The molecule has 0 aliphatic heterocycles. The number of rotatable bonds is 5. The van der Waals surface area contributed by atoms with E-state index >= 15 is 0 Å². The molecule has 4 heteroatoms. The van der Waals surface area contributed by atoms with Crippen LogP contribution in [0.4, 0.5) is 0 Å². The minimum atomic E-state index is -1.58. The van der Waals surface area contributed by atoms with Crippen LogP contribution in [0.5, 0.6) is 0 Å². The highest BCUT2D eigenvalue weighted by Gasteiger charge is 2.36. The predicted molar refractivity (Wildman–Crippen MR) is 74.7 cm³/mol. The fourth-order valence-corrected chi connectivity index (χ4v) is 2.44. The third-order valence-corrected chi connectivity index (χ3v) is 8.38. The molecule has 0 aromatic carbocycles. The minimum Gasteiger partial charge on any atom is -0.417 e. The summed E-state index contributed by atoms with van der Waals surface area (Å²) >= 11 is 0. The van der Waals surface area contributed by atoms with Crippen molar-refractivity contribution in [3.05, 3.63) is 18.7 Å². The lowest BCUT2D eigenvalue weighted by atomic mass is 10.2. The molecule has 1 rings (SSSR count). The van der Waals surface area contributed by atoms with Crippen LogP contribution < -0.4 is 0 Å². The summed E-state index contributed by atoms with van der Waals surface area (Å²) in [6.07, 6.45) is 6.75. The molecule has 98 valence electrons. The van der Waals surface area contributed by atoms with Gasteiger partial charge >= 0.3 is 0 Å². The van der Waals surface area contributed by atoms with Crippen molar-refractivity contribution in [2.45, 2.75) is 58.3 Å². The van der Waals surface area contributed by atoms with Gasteiger partial charge in [-0.2, -0.15) is 0 Å². The van der Waals surface area contributed by atoms with Crippen molar-refractivity contribution in [1.29, 1.82) is 0 Å². The Balaban J connectivity index is 2.38. The zero-order valence-electron chi connectivity index (χ0n) is 12.0. The Labute approximate surface area is 106 Å². The Hall–Kier alpha value is -0.613. The lowest BCUT2D eigenvalue weighted by Gasteiger charge is -2.36. The van der Waals surface area contributed by atoms with E-state index in [2.05, 4.69) is 50.3 Å². The fourth-order valence-electron chi connectivity index (χ4n) is 1.38. The second-order valence-corrected chi connectivity index (χ2v) is 11.1. The van der Waals surface area contributed by atoms with Crippen LogP contribution in [0.25, 0.3) is 0 Å². The van der Waals surface area contributed by atoms with Crippen LogP contribution in [0, 0.1) is 0 Å². The number of nitrogens with zero attached hydrogens (tertiary/aromatic N) is 2. The van der Waals surface area contributed by atoms with E-state index in [4.69, 9.17) is 4.43 Å². The molecule has 0 amide bonds. The van der Waals surface area contributed by atoms with E-state index in [-0.39, 0.29) is 0 Å². The molecule has 1 aromatic heterocycles. The molecule has 0 bridgehead atoms. The molecule has 0 spiro atoms. The molecule has 1 atom stereocenters. The fraction of sp³-hybridized carbons (Fsp3) is 0.769. The van der Waals surface area contributed by atoms with E-state index in [9.17, 15) is 0 Å². The quantitative estimate of drug-likeness (QED) is 0.746. The van der Waals surface area contributed by atoms with Gasteiger partial charge < -0.3 is 8.99 Å². The summed E-state index contributed by atoms with van der Waals surface area (Å²) in [5.74, 6) is 0. The van der Waals surface area contributed by atoms with Crippen LogP contribution in [0.2, 0.25) is 18.1 Å². The summed E-state index contributed by atoms with van der Waals surface area (Å²) in [6.45, 7) is 14.5. The molecular formula is C13H26N2OSi. The minimum absolute atomic E-state index is 0.297. The zero-order chi connectivity index (χ0) is 13.1. The molecule has 3 nitrogen and oxygen atoms in total. The Morgan fingerprint density at radius 1 is 1.35 bits per heavy atom. The number of hydrogen-bond acceptors (Lipinski definition) is 2. The highest BCUT2D eigenvalue weighted by atomic mass is 28.4. The van der Waals surface area contributed by atoms with Crippen LogP contribution in [0.3, 0.4) is 0 Å². The van der Waals surface area contributed by atoms with Crippen molar-refractivity contribution in [2.75, 3.05) is 6.61 Å². The van der Waals surface area contributed by atoms with Gasteiger partial charge in [0.05, 0.1) is 6.33 Å². The van der Waals surface area contributed by atoms with Crippen LogP contribution in [-0.2, 0) is 4.43 Å². The third-order valence-electron chi connectivity index (χ3n) is 3.84. The average molecular weight is 254 g/mol. The standard InChI is InChI=1S/C13H26N2OSi/c1-12(15-9-8-14-11-15)7-10-16-17(5,6)13(2,3)4/h8-9,11-12H,7,10H2,1-6H3/t12-/m1/s1. The first kappa shape index (κ1) is 14.4. The molecule has 0 radical (unpaired) electrons. The maximum Gasteiger partial charge on any atom is 0.191 e. The van der Waals surface area contributed by atoms with Crippen molar-refractivity contribution < 1.29 is 4.43 Å². The van der Waals surface area contributed by atoms with Gasteiger partial charge in [0, 0.05) is 25.0 Å². The molecule has 0 N–H and O–H groups in total. The summed E-state index contributed by atoms with van der Waals surface area (Å²) in [5, 5.41) is 0.297. The van der Waals surface area contributed by atoms with E-state index in [1.165, 1.54) is 0 Å². The Morgan fingerprint density at radius 2 is 2.00 bits per heavy atom. The van der Waals surface area contributed by atoms with Crippen molar-refractivity contribution in [3.63, 3.8) is 0 Å². The molecule has 0 unspecified atom stereocenters. The van der Waals surface area contributed by atoms with E-state index < -0.39 is 8.32 Å². The molecule has 1 aromatic rings. The highest BCUT2D eigenvalue weighted by Crippen LogP contribution is 2.36. The number of hydrogen-bond donors (Lipinski definition) is 0. The van der Waals surface area contributed by atoms with Gasteiger partial charge in [-0.25, -0.2) is 4.98 Å². The summed E-state index contributed by atoms with van der Waals surface area (Å²) in [4.78, 5) is 4.07. The maximum absolute atomic E-state index is 6.17. The number of aromatic nitrogens is 2. The first-order valence-corrected chi connectivity index (χ1v) is 9.26. The summed E-state index contributed by atoms with van der Waals surface area (Å²) < 4.78 is 8.30. The first-order chi connectivity index (χ1) is 7.74. The molecule has 1 heterocycles. The van der Waals surface area contributed by atoms with Gasteiger partial charge in [-0.3, -0.25) is 0 Å². The molecule has 0 saturated heterocycles. The predicted octanol–water partition coefficient (Wildman–Crippen LogP) is 3.86. The average Bonchev–Trinajstić information content (AvgIpc) is 2.67. The number of imidazole rings is 1. The van der Waals surface area contributed by atoms with E-state index in [0.717, 1.165) is 13.0 Å². The van der Waals surface area contributed by atoms with E-state index in [1.54, 1.807) is 0 Å². The monoisotopic (exact) mass is 254 g/mol. The summed E-state index contributed by atoms with van der Waals surface area (Å²) in [6, 6.07) is 0.460. The molecule has 0 saturated carbocycles. The molecule has 0 fully saturated rings. The smallest absolute Gasteiger partial charge is 0.191 e. The van der Waals surface area contributed by atoms with Gasteiger partial charge in [-0.1, -0.05) is 20.8 Å². The van der Waals surface area contributed by atoms with Crippen LogP contribution >= 0.6 is 0 Å². The van der Waals surface area contributed by atoms with E-state index in [0.29, 0.717) is 11.1 Å². The van der Waals surface area contributed by atoms with Crippen LogP contribution in [0.1, 0.15) is 40.2 Å². The Morgan fingerprint density at radius 3 is 2.47 bits per heavy atom. The van der Waals surface area contributed by atoms with Gasteiger partial charge in [0.1, 0.15) is 0 Å². The van der Waals surface area contributed by atoms with Gasteiger partial charge in [-0.05, 0) is 31.5 Å². The van der Waals surface area contributed by atoms with Crippen LogP contribution in [-0.4, -0.2) is 24.5 Å². The summed E-state index contributed by atoms with van der Waals surface area (Å²) in [5.41, 5.74) is 0. The first-order valence-electron chi connectivity index (χ1n) is 6.35. The van der Waals surface area contributed by atoms with Crippen molar-refractivity contribution in [1.82, 2.24) is 9.55 Å². The second-order valence-electron chi connectivity index (χ2n) is 6.26. The normalized spacial score (nSPS) is 14.9. The van der Waals surface area contributed by atoms with E-state index in [1.807, 2.05) is 18.7 Å². The van der Waals surface area contributed by atoms with Crippen molar-refractivity contribution >= 4 is 8.32 Å². The van der Waals surface area contributed by atoms with Gasteiger partial charge in [0.2, 0.25) is 0 Å². The topological polar surface area (TPSA) is 27.1 Å². The third kappa shape index (κ3) is 3.96. The largest absolute Gasteiger partial charge is 0.417 e. The molecule has 0 aliphatic rings. The SMILES string of the molecule is C[C@H](CCO[Si](C)(C)C(C)(C)C)n1ccnc1. The van der Waals surface area contributed by atoms with Gasteiger partial charge in [0.15, 0.2) is 8.32 Å². The molecular weight excluding hydrogens is 228 g/mol. The molecule has 17 heavy (non-hydrogen) atoms. The lowest BCUT2D eigenvalue weighted by molar-refractivity contribution is 0.260. The lowest BCUT2D eigenvalue weighted by Crippen LogP contribution is -2.41. The highest BCUT2D eigenvalue weighted by molar-refractivity contribution is 6.74. The van der Waals surface area contributed by atoms with Gasteiger partial charge in [0.25, 0.3) is 0 Å². The van der Waals surface area contributed by atoms with Gasteiger partial charge in [-0.15, -0.1) is 0 Å². The zero-order valence-corrected chi connectivity index (χ0v) is 13.0. The second kappa shape index (κ2) is 5.36. The van der Waals surface area contributed by atoms with Crippen molar-refractivity contribution in [3.8, 4) is 0 Å². The maximum atomic E-state index is 6.17. The molecule has 0 aliphatic carbocycles. The summed E-state index contributed by atoms with van der Waals surface area (Å²) in [7, 11) is -1.58. The Kier molecular flexibility index (Phi) is 4.55. The van der Waals surface area contributed by atoms with Crippen LogP contribution in [0.15, 0.2) is 18.7 Å². The van der Waals surface area contributed by atoms with Crippen molar-refractivity contribution in [2.24, 2.45) is 0 Å². The Bertz CT molecular complexity index is 328.